The minimum absolute atomic E-state index is 0.0293. The maximum atomic E-state index is 13.1. The average molecular weight is 396 g/mol. The molecule has 0 unspecified atom stereocenters. The number of nitrogens with zero attached hydrogens (tertiary/aromatic N) is 2. The number of aryl methyl sites for hydroxylation is 1. The number of carbonyl (C=O) groups is 1. The molecule has 0 spiro atoms. The lowest BCUT2D eigenvalue weighted by atomic mass is 10.2. The van der Waals surface area contributed by atoms with Crippen LogP contribution in [0.3, 0.4) is 0 Å². The Bertz CT molecular complexity index is 890. The Hall–Kier alpha value is -2.70. The van der Waals surface area contributed by atoms with Crippen LogP contribution in [0.5, 0.6) is 0 Å². The van der Waals surface area contributed by atoms with Crippen molar-refractivity contribution in [3.8, 4) is 0 Å². The Morgan fingerprint density at radius 3 is 2.50 bits per heavy atom. The molecule has 3 rings (SSSR count). The molecule has 6 heteroatoms. The molecule has 1 amide bonds. The summed E-state index contributed by atoms with van der Waals surface area (Å²) in [6.07, 6.45) is 0. The maximum absolute atomic E-state index is 13.1. The third-order valence-electron chi connectivity index (χ3n) is 4.41. The smallest absolute Gasteiger partial charge is 0.273 e. The molecule has 0 radical (unpaired) electrons. The monoisotopic (exact) mass is 395 g/mol. The van der Waals surface area contributed by atoms with Crippen molar-refractivity contribution in [2.75, 3.05) is 32.5 Å². The Morgan fingerprint density at radius 1 is 1.11 bits per heavy atom. The Balaban J connectivity index is 1.72. The summed E-state index contributed by atoms with van der Waals surface area (Å²) >= 11 is 1.45. The number of rotatable bonds is 8. The van der Waals surface area contributed by atoms with Gasteiger partial charge in [-0.3, -0.25) is 4.79 Å². The van der Waals surface area contributed by atoms with Crippen molar-refractivity contribution in [2.45, 2.75) is 13.5 Å². The number of aromatic nitrogens is 1. The molecule has 0 saturated heterocycles. The summed E-state index contributed by atoms with van der Waals surface area (Å²) in [4.78, 5) is 20.8. The molecule has 5 nitrogen and oxygen atoms in total. The van der Waals surface area contributed by atoms with E-state index in [1.807, 2.05) is 64.9 Å². The molecule has 2 N–H and O–H groups in total. The van der Waals surface area contributed by atoms with Crippen LogP contribution in [0.1, 0.15) is 21.6 Å². The van der Waals surface area contributed by atoms with Crippen LogP contribution in [0.15, 0.2) is 60.0 Å². The van der Waals surface area contributed by atoms with Crippen molar-refractivity contribution in [3.05, 3.63) is 76.8 Å². The van der Waals surface area contributed by atoms with E-state index in [4.69, 9.17) is 0 Å². The number of likely N-dealkylation sites (N-methyl/N-ethyl adjacent to an activating group) is 1. The van der Waals surface area contributed by atoms with E-state index >= 15 is 0 Å². The summed E-state index contributed by atoms with van der Waals surface area (Å²) in [7, 11) is 4.19. The van der Waals surface area contributed by atoms with E-state index in [-0.39, 0.29) is 5.91 Å². The fraction of sp³-hybridized carbons (Fsp3) is 0.273. The number of anilines is 2. The van der Waals surface area contributed by atoms with Gasteiger partial charge in [0.25, 0.3) is 5.91 Å². The highest BCUT2D eigenvalue weighted by molar-refractivity contribution is 7.14. The van der Waals surface area contributed by atoms with Crippen LogP contribution in [0, 0.1) is 6.92 Å². The summed E-state index contributed by atoms with van der Waals surface area (Å²) in [5, 5.41) is 5.84. The number of carbonyl (C=O) groups excluding carboxylic acids is 1. The predicted molar refractivity (Wildman–Crippen MR) is 115 cm³/mol. The number of benzene rings is 2. The molecule has 3 aromatic rings. The highest BCUT2D eigenvalue weighted by Gasteiger charge is 2.20. The molecule has 1 aromatic heterocycles. The molecule has 0 aliphatic carbocycles. The normalized spacial score (nSPS) is 10.9. The van der Waals surface area contributed by atoms with Gasteiger partial charge in [-0.1, -0.05) is 48.0 Å². The predicted octanol–water partition coefficient (Wildman–Crippen LogP) is 2.98. The number of hydrogen-bond acceptors (Lipinski definition) is 4. The van der Waals surface area contributed by atoms with Crippen LogP contribution >= 0.6 is 11.3 Å². The van der Waals surface area contributed by atoms with E-state index in [1.165, 1.54) is 21.8 Å². The van der Waals surface area contributed by atoms with Gasteiger partial charge in [0.2, 0.25) is 0 Å². The molecule has 146 valence electrons. The zero-order chi connectivity index (χ0) is 19.9. The van der Waals surface area contributed by atoms with Crippen LogP contribution in [0.4, 0.5) is 10.8 Å². The molecule has 28 heavy (non-hydrogen) atoms. The molecule has 0 aliphatic rings. The third-order valence-corrected chi connectivity index (χ3v) is 5.17. The second kappa shape index (κ2) is 9.48. The second-order valence-electron chi connectivity index (χ2n) is 7.20. The standard InChI is InChI=1S/C22H26N4OS/c1-17-9-11-19(12-10-17)23-22-24-20(16-28-22)21(27)26(14-13-25(2)3)15-18-7-5-4-6-8-18/h4-12,16H,13-15H2,1-3H3,(H,23,24)/p+1. The van der Waals surface area contributed by atoms with Gasteiger partial charge in [0, 0.05) is 17.6 Å². The van der Waals surface area contributed by atoms with Gasteiger partial charge < -0.3 is 15.1 Å². The SMILES string of the molecule is Cc1ccc(Nc2nc(C(=O)N(CC[NH+](C)C)Cc3ccccc3)cs2)cc1. The number of hydrogen-bond donors (Lipinski definition) is 2. The van der Waals surface area contributed by atoms with Crippen molar-refractivity contribution in [1.82, 2.24) is 9.88 Å². The van der Waals surface area contributed by atoms with Crippen LogP contribution in [-0.4, -0.2) is 43.0 Å². The first-order valence-electron chi connectivity index (χ1n) is 9.43. The van der Waals surface area contributed by atoms with Gasteiger partial charge in [0.1, 0.15) is 5.69 Å². The summed E-state index contributed by atoms with van der Waals surface area (Å²) in [5.74, 6) is -0.0293. The zero-order valence-corrected chi connectivity index (χ0v) is 17.4. The van der Waals surface area contributed by atoms with Crippen molar-refractivity contribution < 1.29 is 9.69 Å². The lowest BCUT2D eigenvalue weighted by Gasteiger charge is -2.22. The quantitative estimate of drug-likeness (QED) is 0.617. The summed E-state index contributed by atoms with van der Waals surface area (Å²) in [6, 6.07) is 18.2. The fourth-order valence-corrected chi connectivity index (χ4v) is 3.47. The molecule has 0 saturated carbocycles. The first kappa shape index (κ1) is 20.0. The Labute approximate surface area is 170 Å². The second-order valence-corrected chi connectivity index (χ2v) is 8.06. The lowest BCUT2D eigenvalue weighted by Crippen LogP contribution is -3.06. The third kappa shape index (κ3) is 5.65. The van der Waals surface area contributed by atoms with E-state index in [0.717, 1.165) is 22.9 Å². The minimum Gasteiger partial charge on any atom is -0.338 e. The van der Waals surface area contributed by atoms with E-state index in [9.17, 15) is 4.79 Å². The fourth-order valence-electron chi connectivity index (χ4n) is 2.77. The highest BCUT2D eigenvalue weighted by atomic mass is 32.1. The molecular weight excluding hydrogens is 368 g/mol. The molecular formula is C22H27N4OS+. The van der Waals surface area contributed by atoms with Gasteiger partial charge in [-0.15, -0.1) is 11.3 Å². The summed E-state index contributed by atoms with van der Waals surface area (Å²) in [5.41, 5.74) is 3.79. The molecule has 0 bridgehead atoms. The van der Waals surface area contributed by atoms with E-state index < -0.39 is 0 Å². The first-order chi connectivity index (χ1) is 13.5. The lowest BCUT2D eigenvalue weighted by molar-refractivity contribution is -0.857. The number of quaternary nitrogens is 1. The molecule has 0 fully saturated rings. The molecule has 0 aliphatic heterocycles. The van der Waals surface area contributed by atoms with Crippen LogP contribution in [0.2, 0.25) is 0 Å². The van der Waals surface area contributed by atoms with Crippen LogP contribution in [0.25, 0.3) is 0 Å². The number of nitrogens with one attached hydrogen (secondary N) is 2. The minimum atomic E-state index is -0.0293. The van der Waals surface area contributed by atoms with Crippen molar-refractivity contribution in [2.24, 2.45) is 0 Å². The first-order valence-corrected chi connectivity index (χ1v) is 10.3. The van der Waals surface area contributed by atoms with Crippen molar-refractivity contribution in [1.29, 1.82) is 0 Å². The average Bonchev–Trinajstić information content (AvgIpc) is 3.15. The van der Waals surface area contributed by atoms with Gasteiger partial charge >= 0.3 is 0 Å². The van der Waals surface area contributed by atoms with E-state index in [1.54, 1.807) is 0 Å². The Kier molecular flexibility index (Phi) is 6.79. The van der Waals surface area contributed by atoms with Gasteiger partial charge in [0.15, 0.2) is 5.13 Å². The summed E-state index contributed by atoms with van der Waals surface area (Å²) < 4.78 is 0. The molecule has 0 atom stereocenters. The molecule has 1 heterocycles. The number of amides is 1. The van der Waals surface area contributed by atoms with Crippen molar-refractivity contribution in [3.63, 3.8) is 0 Å². The topological polar surface area (TPSA) is 49.7 Å². The maximum Gasteiger partial charge on any atom is 0.273 e. The number of thiazole rings is 1. The van der Waals surface area contributed by atoms with E-state index in [0.29, 0.717) is 18.8 Å². The summed E-state index contributed by atoms with van der Waals surface area (Å²) in [6.45, 7) is 4.22. The van der Waals surface area contributed by atoms with E-state index in [2.05, 4.69) is 31.3 Å². The van der Waals surface area contributed by atoms with Gasteiger partial charge in [-0.05, 0) is 24.6 Å². The largest absolute Gasteiger partial charge is 0.338 e. The Morgan fingerprint density at radius 2 is 1.82 bits per heavy atom. The van der Waals surface area contributed by atoms with Crippen LogP contribution < -0.4 is 10.2 Å². The van der Waals surface area contributed by atoms with Crippen LogP contribution in [-0.2, 0) is 6.54 Å². The van der Waals surface area contributed by atoms with Gasteiger partial charge in [0.05, 0.1) is 27.2 Å². The zero-order valence-electron chi connectivity index (χ0n) is 16.6. The van der Waals surface area contributed by atoms with Gasteiger partial charge in [-0.25, -0.2) is 4.98 Å². The highest BCUT2D eigenvalue weighted by Crippen LogP contribution is 2.22. The van der Waals surface area contributed by atoms with Gasteiger partial charge in [-0.2, -0.15) is 0 Å². The molecule has 2 aromatic carbocycles. The van der Waals surface area contributed by atoms with Crippen molar-refractivity contribution >= 4 is 28.1 Å².